The maximum atomic E-state index is 14.6. The second kappa shape index (κ2) is 20.7. The van der Waals surface area contributed by atoms with E-state index in [2.05, 4.69) is 31.2 Å². The Bertz CT molecular complexity index is 2010. The molecule has 3 heterocycles. The van der Waals surface area contributed by atoms with Gasteiger partial charge >= 0.3 is 6.09 Å². The minimum absolute atomic E-state index is 0.00996. The summed E-state index contributed by atoms with van der Waals surface area (Å²) in [7, 11) is 0. The summed E-state index contributed by atoms with van der Waals surface area (Å²) in [6.07, 6.45) is 3.67. The normalized spacial score (nSPS) is 18.1. The number of carbonyl (C=O) groups excluding carboxylic acids is 7. The maximum absolute atomic E-state index is 14.6. The van der Waals surface area contributed by atoms with Gasteiger partial charge in [0.1, 0.15) is 29.9 Å². The molecule has 16 nitrogen and oxygen atoms in total. The van der Waals surface area contributed by atoms with E-state index in [-0.39, 0.29) is 25.1 Å². The number of Topliss-reactive ketones (excluding diaryl/α,β-unsaturated/α-hetero) is 1. The molecule has 320 valence electrons. The largest absolute Gasteiger partial charge is 0.444 e. The minimum atomic E-state index is -1.23. The Labute approximate surface area is 350 Å². The van der Waals surface area contributed by atoms with Gasteiger partial charge in [-0.25, -0.2) is 9.78 Å². The molecule has 1 fully saturated rings. The van der Waals surface area contributed by atoms with Crippen LogP contribution in [0, 0.1) is 11.8 Å². The van der Waals surface area contributed by atoms with Crippen LogP contribution >= 0.6 is 0 Å². The molecular formula is C44H56N8O8. The molecule has 1 aromatic heterocycles. The van der Waals surface area contributed by atoms with Crippen molar-refractivity contribution < 1.29 is 38.3 Å². The molecule has 16 heteroatoms. The number of hydrogen-bond acceptors (Lipinski definition) is 10. The Hall–Kier alpha value is -6.19. The molecule has 5 rings (SSSR count). The zero-order valence-corrected chi connectivity index (χ0v) is 35.1. The number of nitrogens with one attached hydrogen (secondary N) is 4. The van der Waals surface area contributed by atoms with Crippen molar-refractivity contribution in [2.24, 2.45) is 11.8 Å². The van der Waals surface area contributed by atoms with Gasteiger partial charge in [0.15, 0.2) is 0 Å². The number of likely N-dealkylation sites (tertiary alicyclic amines) is 1. The SMILES string of the molecule is CCCC(NC(=O)[C@@H]1C[C@@H](OC(=O)N2CCc3ccccc3C2)CN1C(=O)[C@H](NC(=O)[C@H](NC(=O)c1cnccn1)C(C)C)C(C)C)C(=O)C(=O)N[C@@H](C)c1ccccc1. The van der Waals surface area contributed by atoms with Crippen LogP contribution in [0.3, 0.4) is 0 Å². The third-order valence-corrected chi connectivity index (χ3v) is 10.8. The second-order valence-corrected chi connectivity index (χ2v) is 16.0. The number of ether oxygens (including phenoxy) is 1. The van der Waals surface area contributed by atoms with Crippen LogP contribution in [0.5, 0.6) is 0 Å². The van der Waals surface area contributed by atoms with Crippen molar-refractivity contribution in [2.45, 2.75) is 110 Å². The van der Waals surface area contributed by atoms with Crippen LogP contribution in [0.1, 0.15) is 94.0 Å². The summed E-state index contributed by atoms with van der Waals surface area (Å²) in [5.41, 5.74) is 2.95. The summed E-state index contributed by atoms with van der Waals surface area (Å²) < 4.78 is 5.96. The quantitative estimate of drug-likeness (QED) is 0.155. The van der Waals surface area contributed by atoms with Crippen molar-refractivity contribution in [1.82, 2.24) is 41.0 Å². The Morgan fingerprint density at radius 1 is 0.817 bits per heavy atom. The number of carbonyl (C=O) groups is 7. The van der Waals surface area contributed by atoms with Crippen LogP contribution in [0.25, 0.3) is 0 Å². The Morgan fingerprint density at radius 3 is 2.15 bits per heavy atom. The fourth-order valence-electron chi connectivity index (χ4n) is 7.42. The molecule has 0 saturated carbocycles. The van der Waals surface area contributed by atoms with Crippen molar-refractivity contribution in [3.05, 3.63) is 95.6 Å². The van der Waals surface area contributed by atoms with Crippen LogP contribution < -0.4 is 21.3 Å². The third kappa shape index (κ3) is 11.3. The highest BCUT2D eigenvalue weighted by atomic mass is 16.6. The highest BCUT2D eigenvalue weighted by Crippen LogP contribution is 2.26. The monoisotopic (exact) mass is 824 g/mol. The van der Waals surface area contributed by atoms with Crippen LogP contribution in [0.2, 0.25) is 0 Å². The van der Waals surface area contributed by atoms with Crippen molar-refractivity contribution in [3.8, 4) is 0 Å². The molecule has 0 bridgehead atoms. The van der Waals surface area contributed by atoms with E-state index in [1.54, 1.807) is 39.5 Å². The van der Waals surface area contributed by atoms with Gasteiger partial charge in [0.2, 0.25) is 23.5 Å². The molecule has 0 radical (unpaired) electrons. The van der Waals surface area contributed by atoms with E-state index in [4.69, 9.17) is 4.74 Å². The number of nitrogens with zero attached hydrogens (tertiary/aromatic N) is 4. The van der Waals surface area contributed by atoms with E-state index in [0.29, 0.717) is 25.9 Å². The van der Waals surface area contributed by atoms with E-state index in [1.165, 1.54) is 23.5 Å². The number of amides is 6. The fourth-order valence-corrected chi connectivity index (χ4v) is 7.42. The van der Waals surface area contributed by atoms with Crippen LogP contribution in [-0.4, -0.2) is 105 Å². The lowest BCUT2D eigenvalue weighted by atomic mass is 9.98. The van der Waals surface area contributed by atoms with Crippen molar-refractivity contribution in [1.29, 1.82) is 0 Å². The van der Waals surface area contributed by atoms with Gasteiger partial charge in [-0.2, -0.15) is 0 Å². The first-order valence-electron chi connectivity index (χ1n) is 20.6. The van der Waals surface area contributed by atoms with Gasteiger partial charge in [0.25, 0.3) is 11.8 Å². The highest BCUT2D eigenvalue weighted by Gasteiger charge is 2.46. The topological polar surface area (TPSA) is 209 Å². The lowest BCUT2D eigenvalue weighted by molar-refractivity contribution is -0.144. The fraction of sp³-hybridized carbons (Fsp3) is 0.477. The first-order valence-corrected chi connectivity index (χ1v) is 20.6. The predicted molar refractivity (Wildman–Crippen MR) is 221 cm³/mol. The first kappa shape index (κ1) is 44.9. The van der Waals surface area contributed by atoms with Gasteiger partial charge < -0.3 is 35.8 Å². The number of aromatic nitrogens is 2. The van der Waals surface area contributed by atoms with Crippen molar-refractivity contribution >= 4 is 41.4 Å². The number of ketones is 1. The molecule has 60 heavy (non-hydrogen) atoms. The molecule has 1 saturated heterocycles. The van der Waals surface area contributed by atoms with Gasteiger partial charge in [-0.1, -0.05) is 95.6 Å². The highest BCUT2D eigenvalue weighted by molar-refractivity contribution is 6.38. The van der Waals surface area contributed by atoms with E-state index < -0.39 is 89.6 Å². The van der Waals surface area contributed by atoms with Gasteiger partial charge in [-0.15, -0.1) is 0 Å². The molecule has 3 aromatic rings. The molecule has 1 unspecified atom stereocenters. The molecule has 6 amide bonds. The Kier molecular flexibility index (Phi) is 15.5. The zero-order chi connectivity index (χ0) is 43.5. The molecule has 2 aliphatic rings. The van der Waals surface area contributed by atoms with Crippen LogP contribution in [0.4, 0.5) is 4.79 Å². The predicted octanol–water partition coefficient (Wildman–Crippen LogP) is 3.27. The lowest BCUT2D eigenvalue weighted by Crippen LogP contribution is -2.59. The summed E-state index contributed by atoms with van der Waals surface area (Å²) in [5, 5.41) is 10.9. The van der Waals surface area contributed by atoms with E-state index in [9.17, 15) is 33.6 Å². The smallest absolute Gasteiger partial charge is 0.410 e. The molecule has 2 aliphatic heterocycles. The standard InChI is InChI=1S/C44H56N8O8/c1-7-13-33(38(53)42(57)47-28(6)29-14-9-8-10-15-29)48-40(55)35-22-32(60-44(59)51-21-18-30-16-11-12-17-31(30)24-51)25-52(35)43(58)37(27(4)5)50-41(56)36(26(2)3)49-39(54)34-23-45-19-20-46-34/h8-12,14-17,19-20,23,26-28,32-33,35-37H,7,13,18,21-22,24-25H2,1-6H3,(H,47,57)(H,48,55)(H,49,54)(H,50,56)/t28-,32+,33?,35-,36+,37+/m0/s1. The van der Waals surface area contributed by atoms with Crippen molar-refractivity contribution in [3.63, 3.8) is 0 Å². The van der Waals surface area contributed by atoms with E-state index in [1.807, 2.05) is 61.5 Å². The van der Waals surface area contributed by atoms with Gasteiger partial charge in [-0.05, 0) is 48.3 Å². The summed E-state index contributed by atoms with van der Waals surface area (Å²) in [6.45, 7) is 11.1. The van der Waals surface area contributed by atoms with Crippen LogP contribution in [-0.2, 0) is 41.7 Å². The first-order chi connectivity index (χ1) is 28.7. The number of hydrogen-bond donors (Lipinski definition) is 4. The summed E-state index contributed by atoms with van der Waals surface area (Å²) in [5.74, 6) is -5.19. The third-order valence-electron chi connectivity index (χ3n) is 10.8. The number of benzene rings is 2. The van der Waals surface area contributed by atoms with E-state index >= 15 is 0 Å². The molecule has 4 N–H and O–H groups in total. The van der Waals surface area contributed by atoms with Gasteiger partial charge in [0, 0.05) is 31.9 Å². The summed E-state index contributed by atoms with van der Waals surface area (Å²) in [4.78, 5) is 107. The number of rotatable bonds is 16. The molecular weight excluding hydrogens is 769 g/mol. The average molecular weight is 825 g/mol. The Morgan fingerprint density at radius 2 is 1.50 bits per heavy atom. The van der Waals surface area contributed by atoms with Gasteiger partial charge in [-0.3, -0.25) is 33.8 Å². The second-order valence-electron chi connectivity index (χ2n) is 16.0. The van der Waals surface area contributed by atoms with Crippen LogP contribution in [0.15, 0.2) is 73.2 Å². The minimum Gasteiger partial charge on any atom is -0.444 e. The van der Waals surface area contributed by atoms with E-state index in [0.717, 1.165) is 16.7 Å². The molecule has 2 aromatic carbocycles. The summed E-state index contributed by atoms with van der Waals surface area (Å²) in [6, 6.07) is 11.8. The zero-order valence-electron chi connectivity index (χ0n) is 35.1. The Balaban J connectivity index is 1.35. The average Bonchev–Trinajstić information content (AvgIpc) is 3.67. The molecule has 0 aliphatic carbocycles. The van der Waals surface area contributed by atoms with Gasteiger partial charge in [0.05, 0.1) is 24.8 Å². The number of fused-ring (bicyclic) bond motifs is 1. The molecule has 0 spiro atoms. The van der Waals surface area contributed by atoms with Crippen molar-refractivity contribution in [2.75, 3.05) is 13.1 Å². The lowest BCUT2D eigenvalue weighted by Gasteiger charge is -2.32. The summed E-state index contributed by atoms with van der Waals surface area (Å²) >= 11 is 0. The molecule has 6 atom stereocenters. The maximum Gasteiger partial charge on any atom is 0.410 e.